The lowest BCUT2D eigenvalue weighted by Crippen LogP contribution is -2.36. The molecule has 1 aliphatic rings. The Morgan fingerprint density at radius 2 is 2.12 bits per heavy atom. The summed E-state index contributed by atoms with van der Waals surface area (Å²) in [5, 5.41) is 6.49. The van der Waals surface area contributed by atoms with Crippen LogP contribution in [0.25, 0.3) is 0 Å². The van der Waals surface area contributed by atoms with Gasteiger partial charge in [-0.3, -0.25) is 4.79 Å². The molecular weight excluding hydrogens is 300 g/mol. The molecule has 1 saturated heterocycles. The van der Waals surface area contributed by atoms with E-state index in [-0.39, 0.29) is 5.91 Å². The van der Waals surface area contributed by atoms with Gasteiger partial charge in [0.2, 0.25) is 5.91 Å². The summed E-state index contributed by atoms with van der Waals surface area (Å²) in [4.78, 5) is 12.1. The highest BCUT2D eigenvalue weighted by Gasteiger charge is 2.22. The summed E-state index contributed by atoms with van der Waals surface area (Å²) in [7, 11) is 0. The van der Waals surface area contributed by atoms with Crippen LogP contribution in [0.1, 0.15) is 38.7 Å². The van der Waals surface area contributed by atoms with E-state index in [4.69, 9.17) is 4.74 Å². The van der Waals surface area contributed by atoms with Crippen molar-refractivity contribution in [1.82, 2.24) is 10.6 Å². The molecule has 1 heterocycles. The first kappa shape index (κ1) is 18.9. The average Bonchev–Trinajstić information content (AvgIpc) is 2.61. The van der Waals surface area contributed by atoms with Crippen LogP contribution in [-0.4, -0.2) is 32.1 Å². The standard InChI is InChI=1S/C20H32N2O2/c1-16(14-24-15-18-7-4-3-5-8-18)12-22-20(23)11-17(2)19-9-6-10-21-13-19/h3-5,7-8,16-17,19,21H,6,9-15H2,1-2H3,(H,22,23). The predicted molar refractivity (Wildman–Crippen MR) is 97.6 cm³/mol. The molecule has 24 heavy (non-hydrogen) atoms. The van der Waals surface area contributed by atoms with Crippen molar-refractivity contribution in [2.75, 3.05) is 26.2 Å². The van der Waals surface area contributed by atoms with Gasteiger partial charge in [-0.25, -0.2) is 0 Å². The molecule has 134 valence electrons. The minimum Gasteiger partial charge on any atom is -0.376 e. The molecule has 3 atom stereocenters. The lowest BCUT2D eigenvalue weighted by Gasteiger charge is -2.28. The number of carbonyl (C=O) groups is 1. The van der Waals surface area contributed by atoms with Gasteiger partial charge in [-0.1, -0.05) is 44.2 Å². The Kier molecular flexibility index (Phi) is 8.26. The predicted octanol–water partition coefficient (Wildman–Crippen LogP) is 2.98. The quantitative estimate of drug-likeness (QED) is 0.731. The molecule has 0 aliphatic carbocycles. The summed E-state index contributed by atoms with van der Waals surface area (Å²) in [5.74, 6) is 1.57. The summed E-state index contributed by atoms with van der Waals surface area (Å²) >= 11 is 0. The van der Waals surface area contributed by atoms with Crippen molar-refractivity contribution in [3.05, 3.63) is 35.9 Å². The Balaban J connectivity index is 1.57. The molecule has 0 bridgehead atoms. The molecule has 2 rings (SSSR count). The number of nitrogens with one attached hydrogen (secondary N) is 2. The molecule has 2 N–H and O–H groups in total. The average molecular weight is 332 g/mol. The number of carbonyl (C=O) groups excluding carboxylic acids is 1. The summed E-state index contributed by atoms with van der Waals surface area (Å²) in [6.07, 6.45) is 3.10. The Hall–Kier alpha value is -1.39. The van der Waals surface area contributed by atoms with Gasteiger partial charge in [0, 0.05) is 13.0 Å². The lowest BCUT2D eigenvalue weighted by molar-refractivity contribution is -0.122. The minimum absolute atomic E-state index is 0.169. The van der Waals surface area contributed by atoms with Crippen molar-refractivity contribution >= 4 is 5.91 Å². The molecule has 0 spiro atoms. The molecule has 1 aliphatic heterocycles. The molecule has 0 aromatic heterocycles. The normalized spacial score (nSPS) is 20.3. The van der Waals surface area contributed by atoms with E-state index in [1.807, 2.05) is 18.2 Å². The maximum Gasteiger partial charge on any atom is 0.220 e. The smallest absolute Gasteiger partial charge is 0.220 e. The SMILES string of the molecule is CC(CNC(=O)CC(C)C1CCCNC1)COCc1ccccc1. The zero-order chi connectivity index (χ0) is 17.2. The van der Waals surface area contributed by atoms with Gasteiger partial charge in [-0.2, -0.15) is 0 Å². The molecule has 1 amide bonds. The molecular formula is C20H32N2O2. The van der Waals surface area contributed by atoms with Crippen LogP contribution in [0.4, 0.5) is 0 Å². The monoisotopic (exact) mass is 332 g/mol. The van der Waals surface area contributed by atoms with E-state index in [9.17, 15) is 4.79 Å². The van der Waals surface area contributed by atoms with Gasteiger partial charge in [-0.05, 0) is 49.2 Å². The van der Waals surface area contributed by atoms with E-state index in [0.29, 0.717) is 43.9 Å². The van der Waals surface area contributed by atoms with Gasteiger partial charge < -0.3 is 15.4 Å². The van der Waals surface area contributed by atoms with Crippen molar-refractivity contribution in [3.63, 3.8) is 0 Å². The van der Waals surface area contributed by atoms with Crippen LogP contribution in [0.2, 0.25) is 0 Å². The van der Waals surface area contributed by atoms with Crippen molar-refractivity contribution < 1.29 is 9.53 Å². The zero-order valence-corrected chi connectivity index (χ0v) is 15.1. The van der Waals surface area contributed by atoms with Crippen molar-refractivity contribution in [1.29, 1.82) is 0 Å². The molecule has 1 aromatic rings. The zero-order valence-electron chi connectivity index (χ0n) is 15.1. The second kappa shape index (κ2) is 10.5. The van der Waals surface area contributed by atoms with Crippen LogP contribution in [0, 0.1) is 17.8 Å². The van der Waals surface area contributed by atoms with Crippen molar-refractivity contribution in [2.24, 2.45) is 17.8 Å². The van der Waals surface area contributed by atoms with E-state index in [1.54, 1.807) is 0 Å². The van der Waals surface area contributed by atoms with Crippen LogP contribution in [0.5, 0.6) is 0 Å². The molecule has 0 radical (unpaired) electrons. The number of rotatable bonds is 9. The molecule has 1 fully saturated rings. The lowest BCUT2D eigenvalue weighted by atomic mass is 9.85. The number of hydrogen-bond acceptors (Lipinski definition) is 3. The third-order valence-electron chi connectivity index (χ3n) is 4.81. The molecule has 1 aromatic carbocycles. The summed E-state index contributed by atoms with van der Waals surface area (Å²) in [6, 6.07) is 10.2. The topological polar surface area (TPSA) is 50.4 Å². The van der Waals surface area contributed by atoms with E-state index in [2.05, 4.69) is 36.6 Å². The second-order valence-electron chi connectivity index (χ2n) is 7.20. The summed E-state index contributed by atoms with van der Waals surface area (Å²) in [6.45, 7) is 8.46. The van der Waals surface area contributed by atoms with Gasteiger partial charge in [0.25, 0.3) is 0 Å². The highest BCUT2D eigenvalue weighted by molar-refractivity contribution is 5.76. The summed E-state index contributed by atoms with van der Waals surface area (Å²) in [5.41, 5.74) is 1.18. The second-order valence-corrected chi connectivity index (χ2v) is 7.20. The van der Waals surface area contributed by atoms with Crippen LogP contribution in [-0.2, 0) is 16.1 Å². The fourth-order valence-electron chi connectivity index (χ4n) is 3.19. The van der Waals surface area contributed by atoms with Crippen LogP contribution < -0.4 is 10.6 Å². The fraction of sp³-hybridized carbons (Fsp3) is 0.650. The highest BCUT2D eigenvalue weighted by Crippen LogP contribution is 2.22. The number of piperidine rings is 1. The number of benzene rings is 1. The van der Waals surface area contributed by atoms with Crippen LogP contribution in [0.15, 0.2) is 30.3 Å². The first-order valence-electron chi connectivity index (χ1n) is 9.24. The first-order valence-corrected chi connectivity index (χ1v) is 9.24. The van der Waals surface area contributed by atoms with E-state index in [0.717, 1.165) is 13.1 Å². The van der Waals surface area contributed by atoms with Gasteiger partial charge in [0.05, 0.1) is 13.2 Å². The molecule has 0 saturated carbocycles. The van der Waals surface area contributed by atoms with Crippen molar-refractivity contribution in [2.45, 2.75) is 39.7 Å². The molecule has 4 nitrogen and oxygen atoms in total. The van der Waals surface area contributed by atoms with Gasteiger partial charge in [0.15, 0.2) is 0 Å². The molecule has 3 unspecified atom stereocenters. The number of amides is 1. The fourth-order valence-corrected chi connectivity index (χ4v) is 3.19. The van der Waals surface area contributed by atoms with Crippen LogP contribution in [0.3, 0.4) is 0 Å². The largest absolute Gasteiger partial charge is 0.376 e. The molecule has 4 heteroatoms. The number of ether oxygens (including phenoxy) is 1. The third kappa shape index (κ3) is 7.02. The van der Waals surface area contributed by atoms with Gasteiger partial charge >= 0.3 is 0 Å². The van der Waals surface area contributed by atoms with E-state index < -0.39 is 0 Å². The van der Waals surface area contributed by atoms with Crippen LogP contribution >= 0.6 is 0 Å². The first-order chi connectivity index (χ1) is 11.6. The van der Waals surface area contributed by atoms with Gasteiger partial charge in [0.1, 0.15) is 0 Å². The Morgan fingerprint density at radius 1 is 1.33 bits per heavy atom. The highest BCUT2D eigenvalue weighted by atomic mass is 16.5. The van der Waals surface area contributed by atoms with Gasteiger partial charge in [-0.15, -0.1) is 0 Å². The maximum absolute atomic E-state index is 12.1. The third-order valence-corrected chi connectivity index (χ3v) is 4.81. The van der Waals surface area contributed by atoms with E-state index in [1.165, 1.54) is 18.4 Å². The Bertz CT molecular complexity index is 472. The maximum atomic E-state index is 12.1. The minimum atomic E-state index is 0.169. The Labute approximate surface area is 146 Å². The van der Waals surface area contributed by atoms with Crippen molar-refractivity contribution in [3.8, 4) is 0 Å². The Morgan fingerprint density at radius 3 is 2.83 bits per heavy atom. The number of hydrogen-bond donors (Lipinski definition) is 2. The van der Waals surface area contributed by atoms with E-state index >= 15 is 0 Å². The summed E-state index contributed by atoms with van der Waals surface area (Å²) < 4.78 is 5.73.